The van der Waals surface area contributed by atoms with Crippen LogP contribution in [0.2, 0.25) is 0 Å². The molecule has 2 aliphatic rings. The fraction of sp³-hybridized carbons (Fsp3) is 0.923. The summed E-state index contributed by atoms with van der Waals surface area (Å²) in [6.07, 6.45) is 4.71. The molecule has 1 amide bonds. The van der Waals surface area contributed by atoms with Crippen LogP contribution in [0.4, 0.5) is 4.79 Å². The summed E-state index contributed by atoms with van der Waals surface area (Å²) in [4.78, 5) is 14.0. The normalized spacial score (nSPS) is 30.0. The van der Waals surface area contributed by atoms with E-state index in [0.29, 0.717) is 6.61 Å². The van der Waals surface area contributed by atoms with E-state index in [9.17, 15) is 4.79 Å². The van der Waals surface area contributed by atoms with Crippen molar-refractivity contribution in [1.82, 2.24) is 10.2 Å². The van der Waals surface area contributed by atoms with Gasteiger partial charge in [0.2, 0.25) is 0 Å². The Morgan fingerprint density at radius 1 is 1.35 bits per heavy atom. The van der Waals surface area contributed by atoms with Crippen LogP contribution in [0.25, 0.3) is 0 Å². The van der Waals surface area contributed by atoms with Crippen LogP contribution < -0.4 is 5.32 Å². The van der Waals surface area contributed by atoms with Crippen molar-refractivity contribution in [3.63, 3.8) is 0 Å². The van der Waals surface area contributed by atoms with Crippen molar-refractivity contribution in [3.8, 4) is 0 Å². The maximum atomic E-state index is 11.4. The number of amides is 1. The van der Waals surface area contributed by atoms with E-state index in [1.165, 1.54) is 25.8 Å². The maximum absolute atomic E-state index is 11.4. The Bertz CT molecular complexity index is 266. The van der Waals surface area contributed by atoms with E-state index in [1.54, 1.807) is 0 Å². The molecule has 4 heteroatoms. The van der Waals surface area contributed by atoms with Crippen LogP contribution >= 0.6 is 0 Å². The molecule has 0 bridgehead atoms. The largest absolute Gasteiger partial charge is 0.450 e. The molecule has 2 rings (SSSR count). The number of nitrogens with zero attached hydrogens (tertiary/aromatic N) is 1. The highest BCUT2D eigenvalue weighted by Crippen LogP contribution is 2.31. The van der Waals surface area contributed by atoms with Gasteiger partial charge in [-0.1, -0.05) is 13.3 Å². The molecule has 1 aliphatic heterocycles. The zero-order chi connectivity index (χ0) is 12.3. The fourth-order valence-electron chi connectivity index (χ4n) is 2.72. The first-order valence-corrected chi connectivity index (χ1v) is 6.90. The van der Waals surface area contributed by atoms with Crippen LogP contribution in [0.15, 0.2) is 0 Å². The van der Waals surface area contributed by atoms with Crippen LogP contribution in [-0.4, -0.2) is 42.8 Å². The number of ether oxygens (including phenoxy) is 1. The molecule has 17 heavy (non-hydrogen) atoms. The Morgan fingerprint density at radius 3 is 2.71 bits per heavy atom. The van der Waals surface area contributed by atoms with E-state index in [0.717, 1.165) is 24.9 Å². The SMILES string of the molecule is CCOC(=O)NC1CC(CC)CN(C2CC2)C1. The molecule has 0 spiro atoms. The molecule has 4 nitrogen and oxygen atoms in total. The lowest BCUT2D eigenvalue weighted by molar-refractivity contribution is 0.112. The molecule has 2 atom stereocenters. The lowest BCUT2D eigenvalue weighted by Crippen LogP contribution is -2.51. The standard InChI is InChI=1S/C13H24N2O2/c1-3-10-7-11(14-13(16)17-4-2)9-15(8-10)12-5-6-12/h10-12H,3-9H2,1-2H3,(H,14,16). The molecule has 1 saturated carbocycles. The topological polar surface area (TPSA) is 41.6 Å². The van der Waals surface area contributed by atoms with Gasteiger partial charge < -0.3 is 10.1 Å². The number of nitrogens with one attached hydrogen (secondary N) is 1. The number of hydrogen-bond acceptors (Lipinski definition) is 3. The third-order valence-corrected chi connectivity index (χ3v) is 3.80. The molecule has 1 heterocycles. The van der Waals surface area contributed by atoms with E-state index >= 15 is 0 Å². The average molecular weight is 240 g/mol. The van der Waals surface area contributed by atoms with Crippen molar-refractivity contribution in [2.45, 2.75) is 51.6 Å². The predicted molar refractivity (Wildman–Crippen MR) is 66.9 cm³/mol. The van der Waals surface area contributed by atoms with Gasteiger partial charge in [0, 0.05) is 25.2 Å². The predicted octanol–water partition coefficient (Wildman–Crippen LogP) is 2.00. The molecule has 1 N–H and O–H groups in total. The summed E-state index contributed by atoms with van der Waals surface area (Å²) in [5, 5.41) is 2.99. The first-order chi connectivity index (χ1) is 8.22. The molecular formula is C13H24N2O2. The number of likely N-dealkylation sites (tertiary alicyclic amines) is 1. The summed E-state index contributed by atoms with van der Waals surface area (Å²) < 4.78 is 4.96. The van der Waals surface area contributed by atoms with Gasteiger partial charge in [-0.2, -0.15) is 0 Å². The van der Waals surface area contributed by atoms with Gasteiger partial charge in [0.25, 0.3) is 0 Å². The second-order valence-electron chi connectivity index (χ2n) is 5.26. The summed E-state index contributed by atoms with van der Waals surface area (Å²) in [6.45, 7) is 6.73. The molecule has 1 aliphatic carbocycles. The van der Waals surface area contributed by atoms with E-state index in [1.807, 2.05) is 6.92 Å². The van der Waals surface area contributed by atoms with Gasteiger partial charge in [-0.15, -0.1) is 0 Å². The lowest BCUT2D eigenvalue weighted by Gasteiger charge is -2.37. The van der Waals surface area contributed by atoms with Crippen molar-refractivity contribution in [3.05, 3.63) is 0 Å². The average Bonchev–Trinajstić information content (AvgIpc) is 3.12. The molecule has 98 valence electrons. The van der Waals surface area contributed by atoms with E-state index in [-0.39, 0.29) is 12.1 Å². The van der Waals surface area contributed by atoms with Gasteiger partial charge in [-0.3, -0.25) is 4.90 Å². The van der Waals surface area contributed by atoms with E-state index < -0.39 is 0 Å². The van der Waals surface area contributed by atoms with E-state index in [2.05, 4.69) is 17.1 Å². The first-order valence-electron chi connectivity index (χ1n) is 6.90. The van der Waals surface area contributed by atoms with Crippen molar-refractivity contribution in [2.24, 2.45) is 5.92 Å². The molecule has 0 radical (unpaired) electrons. The van der Waals surface area contributed by atoms with Gasteiger partial charge in [0.15, 0.2) is 0 Å². The van der Waals surface area contributed by atoms with E-state index in [4.69, 9.17) is 4.74 Å². The van der Waals surface area contributed by atoms with Crippen LogP contribution in [0.1, 0.15) is 39.5 Å². The number of hydrogen-bond donors (Lipinski definition) is 1. The number of rotatable bonds is 4. The zero-order valence-corrected chi connectivity index (χ0v) is 10.9. The molecule has 2 unspecified atom stereocenters. The van der Waals surface area contributed by atoms with Gasteiger partial charge >= 0.3 is 6.09 Å². The summed E-state index contributed by atoms with van der Waals surface area (Å²) in [6, 6.07) is 1.06. The summed E-state index contributed by atoms with van der Waals surface area (Å²) in [5.41, 5.74) is 0. The third-order valence-electron chi connectivity index (χ3n) is 3.80. The Balaban J connectivity index is 1.85. The van der Waals surface area contributed by atoms with Crippen LogP contribution in [-0.2, 0) is 4.74 Å². The van der Waals surface area contributed by atoms with Crippen LogP contribution in [0.3, 0.4) is 0 Å². The first kappa shape index (κ1) is 12.7. The summed E-state index contributed by atoms with van der Waals surface area (Å²) in [5.74, 6) is 0.719. The quantitative estimate of drug-likeness (QED) is 0.817. The van der Waals surface area contributed by atoms with Crippen molar-refractivity contribution in [2.75, 3.05) is 19.7 Å². The highest BCUT2D eigenvalue weighted by Gasteiger charge is 2.36. The van der Waals surface area contributed by atoms with Gasteiger partial charge in [0.1, 0.15) is 0 Å². The maximum Gasteiger partial charge on any atom is 0.407 e. The van der Waals surface area contributed by atoms with Crippen LogP contribution in [0, 0.1) is 5.92 Å². The highest BCUT2D eigenvalue weighted by molar-refractivity contribution is 5.67. The molecule has 0 aromatic heterocycles. The molecule has 1 saturated heterocycles. The number of piperidine rings is 1. The molecular weight excluding hydrogens is 216 g/mol. The molecule has 0 aromatic rings. The van der Waals surface area contributed by atoms with Crippen LogP contribution in [0.5, 0.6) is 0 Å². The second-order valence-corrected chi connectivity index (χ2v) is 5.26. The lowest BCUT2D eigenvalue weighted by atomic mass is 9.92. The Labute approximate surface area is 104 Å². The minimum absolute atomic E-state index is 0.259. The Hall–Kier alpha value is -0.770. The minimum atomic E-state index is -0.259. The van der Waals surface area contributed by atoms with Gasteiger partial charge in [-0.05, 0) is 32.1 Å². The second kappa shape index (κ2) is 5.71. The smallest absolute Gasteiger partial charge is 0.407 e. The third kappa shape index (κ3) is 3.60. The van der Waals surface area contributed by atoms with Gasteiger partial charge in [-0.25, -0.2) is 4.79 Å². The zero-order valence-electron chi connectivity index (χ0n) is 10.9. The monoisotopic (exact) mass is 240 g/mol. The van der Waals surface area contributed by atoms with Gasteiger partial charge in [0.05, 0.1) is 6.61 Å². The van der Waals surface area contributed by atoms with Crippen molar-refractivity contribution in [1.29, 1.82) is 0 Å². The molecule has 0 aromatic carbocycles. The fourth-order valence-corrected chi connectivity index (χ4v) is 2.72. The van der Waals surface area contributed by atoms with Crippen molar-refractivity contribution < 1.29 is 9.53 Å². The minimum Gasteiger partial charge on any atom is -0.450 e. The van der Waals surface area contributed by atoms with Crippen molar-refractivity contribution >= 4 is 6.09 Å². The number of carbonyl (C=O) groups is 1. The summed E-state index contributed by atoms with van der Waals surface area (Å²) >= 11 is 0. The number of carbonyl (C=O) groups excluding carboxylic acids is 1. The molecule has 2 fully saturated rings. The Kier molecular flexibility index (Phi) is 4.26. The number of alkyl carbamates (subject to hydrolysis) is 1. The Morgan fingerprint density at radius 2 is 2.12 bits per heavy atom. The summed E-state index contributed by atoms with van der Waals surface area (Å²) in [7, 11) is 0. The highest BCUT2D eigenvalue weighted by atomic mass is 16.5.